The van der Waals surface area contributed by atoms with Crippen LogP contribution in [0.4, 0.5) is 13.2 Å². The van der Waals surface area contributed by atoms with Crippen LogP contribution < -0.4 is 5.32 Å². The van der Waals surface area contributed by atoms with Crippen molar-refractivity contribution in [2.75, 3.05) is 6.61 Å². The van der Waals surface area contributed by atoms with Crippen molar-refractivity contribution >= 4 is 22.6 Å². The van der Waals surface area contributed by atoms with Gasteiger partial charge in [0.1, 0.15) is 0 Å². The fraction of sp³-hybridized carbons (Fsp3) is 0.250. The molecule has 4 aromatic carbocycles. The van der Waals surface area contributed by atoms with Crippen LogP contribution in [-0.2, 0) is 15.7 Å². The van der Waals surface area contributed by atoms with Crippen LogP contribution in [0.25, 0.3) is 33.0 Å². The lowest BCUT2D eigenvalue weighted by atomic mass is 9.86. The molecule has 7 heteroatoms. The van der Waals surface area contributed by atoms with E-state index in [9.17, 15) is 22.8 Å². The van der Waals surface area contributed by atoms with Gasteiger partial charge in [-0.15, -0.1) is 0 Å². The monoisotopic (exact) mass is 529 g/mol. The molecule has 6 rings (SSSR count). The molecule has 1 N–H and O–H groups in total. The zero-order chi connectivity index (χ0) is 27.3. The lowest BCUT2D eigenvalue weighted by molar-refractivity contribution is -0.137. The molecule has 1 aliphatic heterocycles. The van der Waals surface area contributed by atoms with Crippen LogP contribution in [0.15, 0.2) is 78.9 Å². The van der Waals surface area contributed by atoms with Gasteiger partial charge in [-0.3, -0.25) is 4.79 Å². The van der Waals surface area contributed by atoms with Crippen molar-refractivity contribution in [1.82, 2.24) is 5.32 Å². The van der Waals surface area contributed by atoms with Crippen molar-refractivity contribution < 1.29 is 27.5 Å². The Morgan fingerprint density at radius 2 is 1.54 bits per heavy atom. The first-order valence-corrected chi connectivity index (χ1v) is 13.0. The summed E-state index contributed by atoms with van der Waals surface area (Å²) in [6, 6.07) is 22.7. The summed E-state index contributed by atoms with van der Waals surface area (Å²) in [4.78, 5) is 24.9. The smallest absolute Gasteiger partial charge is 0.416 e. The number of hydrogen-bond donors (Lipinski definition) is 1. The molecule has 0 aromatic heterocycles. The van der Waals surface area contributed by atoms with Gasteiger partial charge in [0.2, 0.25) is 5.91 Å². The summed E-state index contributed by atoms with van der Waals surface area (Å²) in [5, 5.41) is 4.72. The van der Waals surface area contributed by atoms with Gasteiger partial charge in [0.05, 0.1) is 17.7 Å². The highest BCUT2D eigenvalue weighted by molar-refractivity contribution is 6.04. The summed E-state index contributed by atoms with van der Waals surface area (Å²) >= 11 is 0. The molecule has 1 amide bonds. The van der Waals surface area contributed by atoms with E-state index in [1.807, 2.05) is 36.4 Å². The third-order valence-electron chi connectivity index (χ3n) is 7.90. The minimum absolute atomic E-state index is 0.0254. The number of piperidine rings is 1. The topological polar surface area (TPSA) is 55.4 Å². The standard InChI is InChI=1S/C32H26F3NO3/c1-2-39-31(38)23-14-22-13-21(18-7-10-24(11-8-18)32(33,34)35)9-12-26(22)27(15-23)19-3-5-20(6-4-19)28-16-25-17-29(28)30(37)36-25/h3-15,25,28-29H,2,16-17H2,1H3,(H,36,37). The number of alkyl halides is 3. The van der Waals surface area contributed by atoms with E-state index in [1.165, 1.54) is 12.1 Å². The van der Waals surface area contributed by atoms with E-state index in [-0.39, 0.29) is 30.4 Å². The maximum absolute atomic E-state index is 13.0. The van der Waals surface area contributed by atoms with Crippen molar-refractivity contribution in [3.8, 4) is 22.3 Å². The zero-order valence-electron chi connectivity index (χ0n) is 21.2. The lowest BCUT2D eigenvalue weighted by Gasteiger charge is -2.22. The molecule has 4 aromatic rings. The van der Waals surface area contributed by atoms with Crippen LogP contribution in [0.3, 0.4) is 0 Å². The lowest BCUT2D eigenvalue weighted by Crippen LogP contribution is -2.34. The second-order valence-corrected chi connectivity index (χ2v) is 10.3. The van der Waals surface area contributed by atoms with Crippen molar-refractivity contribution in [3.63, 3.8) is 0 Å². The van der Waals surface area contributed by atoms with Crippen molar-refractivity contribution in [1.29, 1.82) is 0 Å². The molecule has 3 unspecified atom stereocenters. The Hall–Kier alpha value is -4.13. The second-order valence-electron chi connectivity index (χ2n) is 10.3. The normalized spacial score (nSPS) is 20.3. The highest BCUT2D eigenvalue weighted by Gasteiger charge is 2.45. The van der Waals surface area contributed by atoms with Gasteiger partial charge in [-0.25, -0.2) is 4.79 Å². The number of carbonyl (C=O) groups excluding carboxylic acids is 2. The van der Waals surface area contributed by atoms with Gasteiger partial charge in [-0.1, -0.05) is 48.5 Å². The highest BCUT2D eigenvalue weighted by Crippen LogP contribution is 2.44. The number of ether oxygens (including phenoxy) is 1. The minimum Gasteiger partial charge on any atom is -0.462 e. The number of amides is 1. The Balaban J connectivity index is 1.39. The van der Waals surface area contributed by atoms with Crippen molar-refractivity contribution in [2.24, 2.45) is 5.92 Å². The van der Waals surface area contributed by atoms with Gasteiger partial charge in [-0.2, -0.15) is 13.2 Å². The highest BCUT2D eigenvalue weighted by atomic mass is 19.4. The van der Waals surface area contributed by atoms with Gasteiger partial charge in [0.25, 0.3) is 0 Å². The number of nitrogens with one attached hydrogen (secondary N) is 1. The molecule has 2 aliphatic rings. The molecule has 0 spiro atoms. The maximum Gasteiger partial charge on any atom is 0.416 e. The zero-order valence-corrected chi connectivity index (χ0v) is 21.2. The van der Waals surface area contributed by atoms with Gasteiger partial charge < -0.3 is 10.1 Å². The molecule has 0 radical (unpaired) electrons. The van der Waals surface area contributed by atoms with Crippen LogP contribution in [-0.4, -0.2) is 24.5 Å². The fourth-order valence-electron chi connectivity index (χ4n) is 6.00. The molecule has 39 heavy (non-hydrogen) atoms. The molecule has 4 nitrogen and oxygen atoms in total. The molecule has 198 valence electrons. The molecule has 3 atom stereocenters. The number of hydrogen-bond acceptors (Lipinski definition) is 3. The Morgan fingerprint density at radius 1 is 0.872 bits per heavy atom. The first-order valence-electron chi connectivity index (χ1n) is 13.0. The molecule has 1 heterocycles. The van der Waals surface area contributed by atoms with Gasteiger partial charge in [0, 0.05) is 12.0 Å². The van der Waals surface area contributed by atoms with E-state index >= 15 is 0 Å². The molecule has 1 aliphatic carbocycles. The first-order chi connectivity index (χ1) is 18.7. The Kier molecular flexibility index (Phi) is 6.17. The third kappa shape index (κ3) is 4.67. The number of fused-ring (bicyclic) bond motifs is 3. The Morgan fingerprint density at radius 3 is 2.18 bits per heavy atom. The van der Waals surface area contributed by atoms with Gasteiger partial charge in [0.15, 0.2) is 0 Å². The summed E-state index contributed by atoms with van der Waals surface area (Å²) in [5.74, 6) is -0.0633. The predicted molar refractivity (Wildman–Crippen MR) is 143 cm³/mol. The summed E-state index contributed by atoms with van der Waals surface area (Å²) in [5.41, 5.74) is 4.00. The van der Waals surface area contributed by atoms with Crippen molar-refractivity contribution in [2.45, 2.75) is 37.9 Å². The first kappa shape index (κ1) is 25.2. The number of carbonyl (C=O) groups is 2. The fourth-order valence-corrected chi connectivity index (χ4v) is 6.00. The number of halogens is 3. The average Bonchev–Trinajstić information content (AvgIpc) is 3.52. The van der Waals surface area contributed by atoms with E-state index in [0.717, 1.165) is 58.0 Å². The van der Waals surface area contributed by atoms with E-state index in [1.54, 1.807) is 13.0 Å². The SMILES string of the molecule is CCOC(=O)c1cc(-c2ccc(C3CC4CC3C(=O)N4)cc2)c2ccc(-c3ccc(C(F)(F)F)cc3)cc2c1. The van der Waals surface area contributed by atoms with Crippen LogP contribution >= 0.6 is 0 Å². The summed E-state index contributed by atoms with van der Waals surface area (Å²) in [7, 11) is 0. The molecule has 2 bridgehead atoms. The van der Waals surface area contributed by atoms with Crippen LogP contribution in [0.2, 0.25) is 0 Å². The summed E-state index contributed by atoms with van der Waals surface area (Å²) < 4.78 is 44.3. The molecular weight excluding hydrogens is 503 g/mol. The van der Waals surface area contributed by atoms with Crippen LogP contribution in [0, 0.1) is 5.92 Å². The number of esters is 1. The third-order valence-corrected chi connectivity index (χ3v) is 7.90. The van der Waals surface area contributed by atoms with Crippen LogP contribution in [0.1, 0.15) is 47.2 Å². The molecule has 1 saturated heterocycles. The van der Waals surface area contributed by atoms with Gasteiger partial charge in [-0.05, 0) is 94.6 Å². The van der Waals surface area contributed by atoms with E-state index in [4.69, 9.17) is 4.74 Å². The number of benzene rings is 4. The minimum atomic E-state index is -4.40. The quantitative estimate of drug-likeness (QED) is 0.275. The Labute approximate surface area is 223 Å². The second kappa shape index (κ2) is 9.56. The van der Waals surface area contributed by atoms with Crippen LogP contribution in [0.5, 0.6) is 0 Å². The van der Waals surface area contributed by atoms with Gasteiger partial charge >= 0.3 is 12.1 Å². The van der Waals surface area contributed by atoms with E-state index in [0.29, 0.717) is 11.1 Å². The summed E-state index contributed by atoms with van der Waals surface area (Å²) in [6.45, 7) is 1.99. The molecular formula is C32H26F3NO3. The summed E-state index contributed by atoms with van der Waals surface area (Å²) in [6.07, 6.45) is -2.56. The van der Waals surface area contributed by atoms with Crippen molar-refractivity contribution in [3.05, 3.63) is 95.6 Å². The average molecular weight is 530 g/mol. The number of rotatable bonds is 5. The molecule has 1 saturated carbocycles. The Bertz CT molecular complexity index is 1580. The molecule has 2 fully saturated rings. The van der Waals surface area contributed by atoms with E-state index in [2.05, 4.69) is 17.4 Å². The van der Waals surface area contributed by atoms with E-state index < -0.39 is 17.7 Å². The maximum atomic E-state index is 13.0. The largest absolute Gasteiger partial charge is 0.462 e. The predicted octanol–water partition coefficient (Wildman–Crippen LogP) is 7.36.